The zero-order chi connectivity index (χ0) is 11.4. The van der Waals surface area contributed by atoms with Crippen molar-refractivity contribution in [3.63, 3.8) is 0 Å². The van der Waals surface area contributed by atoms with Crippen LogP contribution in [-0.2, 0) is 7.05 Å². The summed E-state index contributed by atoms with van der Waals surface area (Å²) in [7, 11) is 1.52. The zero-order valence-corrected chi connectivity index (χ0v) is 9.15. The molecule has 0 aromatic carbocycles. The number of aromatic nitrogens is 2. The smallest absolute Gasteiger partial charge is 0.271 e. The number of carbonyl (C=O) groups is 1. The van der Waals surface area contributed by atoms with Crippen LogP contribution in [0.4, 0.5) is 0 Å². The predicted octanol–water partition coefficient (Wildman–Crippen LogP) is 0.309. The Morgan fingerprint density at radius 1 is 1.60 bits per heavy atom. The minimum atomic E-state index is -0.250. The molecule has 0 unspecified atom stereocenters. The molecule has 5 heteroatoms. The van der Waals surface area contributed by atoms with Gasteiger partial charge in [-0.2, -0.15) is 5.10 Å². The number of amides is 1. The van der Waals surface area contributed by atoms with Crippen molar-refractivity contribution in [1.82, 2.24) is 15.1 Å². The molecule has 1 heterocycles. The van der Waals surface area contributed by atoms with Crippen molar-refractivity contribution in [2.75, 3.05) is 0 Å². The van der Waals surface area contributed by atoms with E-state index in [1.165, 1.54) is 19.2 Å². The molecule has 82 valence electrons. The van der Waals surface area contributed by atoms with Gasteiger partial charge in [0.15, 0.2) is 0 Å². The second-order valence-electron chi connectivity index (χ2n) is 3.46. The van der Waals surface area contributed by atoms with Gasteiger partial charge in [-0.05, 0) is 19.4 Å². The Kier molecular flexibility index (Phi) is 3.60. The average molecular weight is 209 g/mol. The Labute approximate surface area is 88.1 Å². The topological polar surface area (TPSA) is 64.0 Å². The van der Waals surface area contributed by atoms with Crippen molar-refractivity contribution < 1.29 is 4.79 Å². The monoisotopic (exact) mass is 209 g/mol. The lowest BCUT2D eigenvalue weighted by Crippen LogP contribution is -2.34. The van der Waals surface area contributed by atoms with E-state index in [9.17, 15) is 9.59 Å². The van der Waals surface area contributed by atoms with Gasteiger partial charge in [0.1, 0.15) is 5.69 Å². The van der Waals surface area contributed by atoms with Crippen molar-refractivity contribution in [3.05, 3.63) is 28.2 Å². The van der Waals surface area contributed by atoms with Gasteiger partial charge in [0, 0.05) is 19.2 Å². The molecule has 1 amide bonds. The third-order valence-corrected chi connectivity index (χ3v) is 2.18. The van der Waals surface area contributed by atoms with Gasteiger partial charge in [-0.15, -0.1) is 0 Å². The lowest BCUT2D eigenvalue weighted by Gasteiger charge is -2.10. The first-order valence-corrected chi connectivity index (χ1v) is 4.89. The maximum absolute atomic E-state index is 11.6. The van der Waals surface area contributed by atoms with Gasteiger partial charge in [0.2, 0.25) is 0 Å². The summed E-state index contributed by atoms with van der Waals surface area (Å²) in [4.78, 5) is 22.6. The molecule has 0 saturated carbocycles. The van der Waals surface area contributed by atoms with Gasteiger partial charge in [0.05, 0.1) is 0 Å². The summed E-state index contributed by atoms with van der Waals surface area (Å²) in [5, 5.41) is 6.63. The van der Waals surface area contributed by atoms with E-state index < -0.39 is 0 Å². The normalized spacial score (nSPS) is 12.2. The van der Waals surface area contributed by atoms with Gasteiger partial charge in [-0.3, -0.25) is 9.59 Å². The van der Waals surface area contributed by atoms with Crippen LogP contribution in [-0.4, -0.2) is 21.7 Å². The van der Waals surface area contributed by atoms with Crippen LogP contribution in [0, 0.1) is 0 Å². The van der Waals surface area contributed by atoms with E-state index in [0.29, 0.717) is 0 Å². The quantitative estimate of drug-likeness (QED) is 0.779. The van der Waals surface area contributed by atoms with Gasteiger partial charge in [-0.25, -0.2) is 4.68 Å². The van der Waals surface area contributed by atoms with Crippen LogP contribution in [0.5, 0.6) is 0 Å². The van der Waals surface area contributed by atoms with Crippen LogP contribution in [0.15, 0.2) is 16.9 Å². The maximum Gasteiger partial charge on any atom is 0.271 e. The fourth-order valence-electron chi connectivity index (χ4n) is 1.02. The van der Waals surface area contributed by atoms with E-state index in [0.717, 1.165) is 11.1 Å². The predicted molar refractivity (Wildman–Crippen MR) is 56.7 cm³/mol. The maximum atomic E-state index is 11.6. The average Bonchev–Trinajstić information content (AvgIpc) is 2.21. The minimum Gasteiger partial charge on any atom is -0.348 e. The molecule has 0 bridgehead atoms. The first kappa shape index (κ1) is 11.4. The van der Waals surface area contributed by atoms with Gasteiger partial charge in [-0.1, -0.05) is 6.92 Å². The molecular formula is C10H15N3O2. The van der Waals surface area contributed by atoms with Gasteiger partial charge >= 0.3 is 0 Å². The van der Waals surface area contributed by atoms with Crippen LogP contribution in [0.1, 0.15) is 30.8 Å². The van der Waals surface area contributed by atoms with Crippen molar-refractivity contribution in [2.45, 2.75) is 26.3 Å². The highest BCUT2D eigenvalue weighted by Gasteiger charge is 2.10. The summed E-state index contributed by atoms with van der Waals surface area (Å²) in [6.45, 7) is 3.90. The summed E-state index contributed by atoms with van der Waals surface area (Å²) in [5.41, 5.74) is 0.0347. The second-order valence-corrected chi connectivity index (χ2v) is 3.46. The fourth-order valence-corrected chi connectivity index (χ4v) is 1.02. The number of carbonyl (C=O) groups excluding carboxylic acids is 1. The van der Waals surface area contributed by atoms with E-state index in [4.69, 9.17) is 0 Å². The van der Waals surface area contributed by atoms with Crippen LogP contribution in [0.25, 0.3) is 0 Å². The largest absolute Gasteiger partial charge is 0.348 e. The summed E-state index contributed by atoms with van der Waals surface area (Å²) >= 11 is 0. The number of aryl methyl sites for hydroxylation is 1. The van der Waals surface area contributed by atoms with Gasteiger partial charge < -0.3 is 5.32 Å². The Balaban J connectivity index is 2.83. The van der Waals surface area contributed by atoms with Crippen LogP contribution in [0.2, 0.25) is 0 Å². The second kappa shape index (κ2) is 4.72. The van der Waals surface area contributed by atoms with Crippen molar-refractivity contribution >= 4 is 5.91 Å². The van der Waals surface area contributed by atoms with E-state index in [2.05, 4.69) is 10.4 Å². The molecule has 15 heavy (non-hydrogen) atoms. The fraction of sp³-hybridized carbons (Fsp3) is 0.500. The van der Waals surface area contributed by atoms with Crippen molar-refractivity contribution in [1.29, 1.82) is 0 Å². The lowest BCUT2D eigenvalue weighted by molar-refractivity contribution is 0.0932. The zero-order valence-electron chi connectivity index (χ0n) is 9.15. The number of hydrogen-bond acceptors (Lipinski definition) is 3. The third-order valence-electron chi connectivity index (χ3n) is 2.18. The molecule has 1 aromatic heterocycles. The van der Waals surface area contributed by atoms with Crippen LogP contribution < -0.4 is 10.9 Å². The summed E-state index contributed by atoms with van der Waals surface area (Å²) < 4.78 is 1.14. The molecule has 5 nitrogen and oxygen atoms in total. The minimum absolute atomic E-state index is 0.108. The highest BCUT2D eigenvalue weighted by atomic mass is 16.2. The molecule has 0 radical (unpaired) electrons. The molecule has 0 saturated heterocycles. The van der Waals surface area contributed by atoms with E-state index >= 15 is 0 Å². The molecule has 1 N–H and O–H groups in total. The molecule has 0 spiro atoms. The summed E-state index contributed by atoms with van der Waals surface area (Å²) in [6.07, 6.45) is 0.859. The molecular weight excluding hydrogens is 194 g/mol. The first-order valence-electron chi connectivity index (χ1n) is 4.89. The van der Waals surface area contributed by atoms with Gasteiger partial charge in [0.25, 0.3) is 11.5 Å². The highest BCUT2D eigenvalue weighted by Crippen LogP contribution is 1.94. The Morgan fingerprint density at radius 2 is 2.27 bits per heavy atom. The molecule has 0 aliphatic heterocycles. The first-order chi connectivity index (χ1) is 7.04. The van der Waals surface area contributed by atoms with Crippen molar-refractivity contribution in [2.24, 2.45) is 7.05 Å². The van der Waals surface area contributed by atoms with E-state index in [1.54, 1.807) is 0 Å². The van der Waals surface area contributed by atoms with E-state index in [-0.39, 0.29) is 23.2 Å². The molecule has 1 rings (SSSR count). The molecule has 0 aliphatic carbocycles. The molecule has 1 atom stereocenters. The van der Waals surface area contributed by atoms with Crippen LogP contribution >= 0.6 is 0 Å². The standard InChI is InChI=1S/C10H15N3O2/c1-4-7(2)11-10(15)8-5-6-9(14)13(3)12-8/h5-7H,4H2,1-3H3,(H,11,15)/t7-/m0/s1. The summed E-state index contributed by atoms with van der Waals surface area (Å²) in [6, 6.07) is 2.87. The summed E-state index contributed by atoms with van der Waals surface area (Å²) in [5.74, 6) is -0.250. The third kappa shape index (κ3) is 2.90. The van der Waals surface area contributed by atoms with E-state index in [1.807, 2.05) is 13.8 Å². The Hall–Kier alpha value is -1.65. The van der Waals surface area contributed by atoms with Crippen molar-refractivity contribution in [3.8, 4) is 0 Å². The molecule has 0 fully saturated rings. The van der Waals surface area contributed by atoms with Crippen LogP contribution in [0.3, 0.4) is 0 Å². The Morgan fingerprint density at radius 3 is 2.80 bits per heavy atom. The highest BCUT2D eigenvalue weighted by molar-refractivity contribution is 5.92. The molecule has 1 aromatic rings. The number of rotatable bonds is 3. The number of nitrogens with one attached hydrogen (secondary N) is 1. The lowest BCUT2D eigenvalue weighted by atomic mass is 10.2. The number of hydrogen-bond donors (Lipinski definition) is 1. The molecule has 0 aliphatic rings. The Bertz CT molecular complexity index is 411. The number of nitrogens with zero attached hydrogens (tertiary/aromatic N) is 2. The SMILES string of the molecule is CC[C@H](C)NC(=O)c1ccc(=O)n(C)n1.